The second kappa shape index (κ2) is 5.27. The summed E-state index contributed by atoms with van der Waals surface area (Å²) in [5, 5.41) is 0. The fourth-order valence-corrected chi connectivity index (χ4v) is 1.46. The lowest BCUT2D eigenvalue weighted by Crippen LogP contribution is -2.10. The molecule has 0 saturated heterocycles. The molecule has 0 radical (unpaired) electrons. The molecule has 0 saturated carbocycles. The molecular weight excluding hydrogens is 216 g/mol. The number of hydrogen-bond donors (Lipinski definition) is 2. The fourth-order valence-electron chi connectivity index (χ4n) is 1.46. The Morgan fingerprint density at radius 2 is 2.00 bits per heavy atom. The SMILES string of the molecule is CC(Oc1cc(NN)ncn1)c1ccccc1. The Morgan fingerprint density at radius 1 is 1.24 bits per heavy atom. The van der Waals surface area contributed by atoms with Crippen molar-refractivity contribution in [1.82, 2.24) is 9.97 Å². The summed E-state index contributed by atoms with van der Waals surface area (Å²) in [6.45, 7) is 1.97. The van der Waals surface area contributed by atoms with Gasteiger partial charge in [-0.3, -0.25) is 0 Å². The third-order valence-corrected chi connectivity index (χ3v) is 2.36. The van der Waals surface area contributed by atoms with Crippen molar-refractivity contribution in [2.75, 3.05) is 5.43 Å². The number of rotatable bonds is 4. The van der Waals surface area contributed by atoms with Crippen molar-refractivity contribution in [3.63, 3.8) is 0 Å². The summed E-state index contributed by atoms with van der Waals surface area (Å²) in [4.78, 5) is 7.93. The van der Waals surface area contributed by atoms with E-state index in [2.05, 4.69) is 15.4 Å². The molecule has 2 aromatic rings. The monoisotopic (exact) mass is 230 g/mol. The zero-order valence-corrected chi connectivity index (χ0v) is 9.50. The Hall–Kier alpha value is -2.14. The number of nitrogens with zero attached hydrogens (tertiary/aromatic N) is 2. The Balaban J connectivity index is 2.10. The van der Waals surface area contributed by atoms with E-state index in [-0.39, 0.29) is 6.10 Å². The van der Waals surface area contributed by atoms with Gasteiger partial charge in [0.05, 0.1) is 0 Å². The number of hydrogen-bond acceptors (Lipinski definition) is 5. The van der Waals surface area contributed by atoms with E-state index in [1.54, 1.807) is 6.07 Å². The Kier molecular flexibility index (Phi) is 3.52. The summed E-state index contributed by atoms with van der Waals surface area (Å²) in [7, 11) is 0. The molecule has 0 bridgehead atoms. The topological polar surface area (TPSA) is 73.1 Å². The van der Waals surface area contributed by atoms with E-state index in [1.807, 2.05) is 37.3 Å². The van der Waals surface area contributed by atoms with Gasteiger partial charge in [0.25, 0.3) is 0 Å². The molecule has 0 aliphatic carbocycles. The van der Waals surface area contributed by atoms with Gasteiger partial charge < -0.3 is 10.2 Å². The van der Waals surface area contributed by atoms with Crippen LogP contribution in [0.1, 0.15) is 18.6 Å². The minimum absolute atomic E-state index is 0.0725. The van der Waals surface area contributed by atoms with Crippen molar-refractivity contribution in [1.29, 1.82) is 0 Å². The average molecular weight is 230 g/mol. The smallest absolute Gasteiger partial charge is 0.219 e. The van der Waals surface area contributed by atoms with E-state index < -0.39 is 0 Å². The molecule has 5 heteroatoms. The van der Waals surface area contributed by atoms with Crippen LogP contribution in [0.2, 0.25) is 0 Å². The number of nitrogen functional groups attached to an aromatic ring is 1. The molecule has 0 fully saturated rings. The zero-order valence-electron chi connectivity index (χ0n) is 9.50. The minimum atomic E-state index is -0.0725. The van der Waals surface area contributed by atoms with Crippen LogP contribution >= 0.6 is 0 Å². The van der Waals surface area contributed by atoms with Crippen molar-refractivity contribution < 1.29 is 4.74 Å². The van der Waals surface area contributed by atoms with Gasteiger partial charge in [-0.05, 0) is 12.5 Å². The van der Waals surface area contributed by atoms with Gasteiger partial charge in [0.2, 0.25) is 5.88 Å². The van der Waals surface area contributed by atoms with Crippen LogP contribution < -0.4 is 16.0 Å². The molecule has 1 atom stereocenters. The second-order valence-corrected chi connectivity index (χ2v) is 3.56. The zero-order chi connectivity index (χ0) is 12.1. The summed E-state index contributed by atoms with van der Waals surface area (Å²) in [5.74, 6) is 6.28. The first-order valence-electron chi connectivity index (χ1n) is 5.30. The third kappa shape index (κ3) is 2.92. The molecule has 1 aromatic carbocycles. The molecular formula is C12H14N4O. The normalized spacial score (nSPS) is 11.9. The predicted molar refractivity (Wildman–Crippen MR) is 65.3 cm³/mol. The van der Waals surface area contributed by atoms with Crippen LogP contribution in [-0.2, 0) is 0 Å². The van der Waals surface area contributed by atoms with E-state index in [4.69, 9.17) is 10.6 Å². The molecule has 1 aromatic heterocycles. The van der Waals surface area contributed by atoms with Gasteiger partial charge in [0.1, 0.15) is 18.2 Å². The highest BCUT2D eigenvalue weighted by atomic mass is 16.5. The molecule has 1 unspecified atom stereocenters. The maximum Gasteiger partial charge on any atom is 0.219 e. The quantitative estimate of drug-likeness (QED) is 0.620. The summed E-state index contributed by atoms with van der Waals surface area (Å²) in [6, 6.07) is 11.6. The molecule has 88 valence electrons. The maximum absolute atomic E-state index is 5.70. The van der Waals surface area contributed by atoms with Crippen LogP contribution in [0.3, 0.4) is 0 Å². The Bertz CT molecular complexity index is 475. The minimum Gasteiger partial charge on any atom is -0.470 e. The number of ether oxygens (including phenoxy) is 1. The van der Waals surface area contributed by atoms with Crippen molar-refractivity contribution >= 4 is 5.82 Å². The van der Waals surface area contributed by atoms with Crippen molar-refractivity contribution in [3.05, 3.63) is 48.3 Å². The lowest BCUT2D eigenvalue weighted by molar-refractivity contribution is 0.217. The van der Waals surface area contributed by atoms with Crippen LogP contribution in [0, 0.1) is 0 Å². The van der Waals surface area contributed by atoms with Crippen LogP contribution in [0.4, 0.5) is 5.82 Å². The van der Waals surface area contributed by atoms with Crippen LogP contribution in [-0.4, -0.2) is 9.97 Å². The number of aromatic nitrogens is 2. The summed E-state index contributed by atoms with van der Waals surface area (Å²) >= 11 is 0. The van der Waals surface area contributed by atoms with E-state index in [9.17, 15) is 0 Å². The molecule has 2 rings (SSSR count). The van der Waals surface area contributed by atoms with E-state index in [1.165, 1.54) is 6.33 Å². The number of nitrogens with one attached hydrogen (secondary N) is 1. The standard InChI is InChI=1S/C12H14N4O/c1-9(10-5-3-2-4-6-10)17-12-7-11(16-13)14-8-15-12/h2-9H,13H2,1H3,(H,14,15,16). The lowest BCUT2D eigenvalue weighted by atomic mass is 10.1. The molecule has 17 heavy (non-hydrogen) atoms. The van der Waals surface area contributed by atoms with Gasteiger partial charge in [-0.1, -0.05) is 30.3 Å². The van der Waals surface area contributed by atoms with Gasteiger partial charge in [0.15, 0.2) is 0 Å². The number of hydrazine groups is 1. The van der Waals surface area contributed by atoms with Gasteiger partial charge in [-0.2, -0.15) is 0 Å². The first-order chi connectivity index (χ1) is 8.29. The lowest BCUT2D eigenvalue weighted by Gasteiger charge is -2.14. The highest BCUT2D eigenvalue weighted by Crippen LogP contribution is 2.20. The number of anilines is 1. The maximum atomic E-state index is 5.70. The third-order valence-electron chi connectivity index (χ3n) is 2.36. The van der Waals surface area contributed by atoms with Crippen molar-refractivity contribution in [2.24, 2.45) is 5.84 Å². The van der Waals surface area contributed by atoms with E-state index >= 15 is 0 Å². The molecule has 5 nitrogen and oxygen atoms in total. The summed E-state index contributed by atoms with van der Waals surface area (Å²) in [5.41, 5.74) is 3.54. The second-order valence-electron chi connectivity index (χ2n) is 3.56. The highest BCUT2D eigenvalue weighted by Gasteiger charge is 2.07. The summed E-state index contributed by atoms with van der Waals surface area (Å²) in [6.07, 6.45) is 1.33. The average Bonchev–Trinajstić information content (AvgIpc) is 2.40. The van der Waals surface area contributed by atoms with Gasteiger partial charge >= 0.3 is 0 Å². The fraction of sp³-hybridized carbons (Fsp3) is 0.167. The first-order valence-corrected chi connectivity index (χ1v) is 5.30. The van der Waals surface area contributed by atoms with E-state index in [0.717, 1.165) is 5.56 Å². The first kappa shape index (κ1) is 11.3. The molecule has 0 spiro atoms. The molecule has 3 N–H and O–H groups in total. The number of benzene rings is 1. The molecule has 1 heterocycles. The Morgan fingerprint density at radius 3 is 2.71 bits per heavy atom. The number of nitrogens with two attached hydrogens (primary N) is 1. The van der Waals surface area contributed by atoms with Gasteiger partial charge in [-0.15, -0.1) is 0 Å². The molecule has 0 amide bonds. The summed E-state index contributed by atoms with van der Waals surface area (Å²) < 4.78 is 5.70. The molecule has 0 aliphatic rings. The van der Waals surface area contributed by atoms with E-state index in [0.29, 0.717) is 11.7 Å². The predicted octanol–water partition coefficient (Wildman–Crippen LogP) is 1.90. The highest BCUT2D eigenvalue weighted by molar-refractivity contribution is 5.35. The van der Waals surface area contributed by atoms with Gasteiger partial charge in [0, 0.05) is 6.07 Å². The van der Waals surface area contributed by atoms with Crippen LogP contribution in [0.5, 0.6) is 5.88 Å². The molecule has 0 aliphatic heterocycles. The largest absolute Gasteiger partial charge is 0.470 e. The Labute approximate surface area is 99.6 Å². The van der Waals surface area contributed by atoms with Crippen LogP contribution in [0.25, 0.3) is 0 Å². The van der Waals surface area contributed by atoms with Crippen molar-refractivity contribution in [2.45, 2.75) is 13.0 Å². The van der Waals surface area contributed by atoms with Gasteiger partial charge in [-0.25, -0.2) is 15.8 Å². The van der Waals surface area contributed by atoms with Crippen LogP contribution in [0.15, 0.2) is 42.7 Å². The van der Waals surface area contributed by atoms with Crippen molar-refractivity contribution in [3.8, 4) is 5.88 Å².